The van der Waals surface area contributed by atoms with Crippen LogP contribution in [0, 0.1) is 0 Å². The fraction of sp³-hybridized carbons (Fsp3) is 0.625. The van der Waals surface area contributed by atoms with Gasteiger partial charge < -0.3 is 4.74 Å². The van der Waals surface area contributed by atoms with Gasteiger partial charge in [0.25, 0.3) is 0 Å². The molecule has 0 saturated heterocycles. The van der Waals surface area contributed by atoms with E-state index in [0.717, 1.165) is 12.1 Å². The summed E-state index contributed by atoms with van der Waals surface area (Å²) in [6, 6.07) is 0. The summed E-state index contributed by atoms with van der Waals surface area (Å²) in [5.41, 5.74) is 0.804. The van der Waals surface area contributed by atoms with E-state index in [2.05, 4.69) is 11.9 Å². The van der Waals surface area contributed by atoms with Gasteiger partial charge in [-0.1, -0.05) is 6.92 Å². The monoisotopic (exact) mass is 139 g/mol. The van der Waals surface area contributed by atoms with Crippen LogP contribution < -0.4 is 0 Å². The van der Waals surface area contributed by atoms with E-state index in [1.54, 1.807) is 6.26 Å². The van der Waals surface area contributed by atoms with E-state index < -0.39 is 0 Å². The van der Waals surface area contributed by atoms with Crippen molar-refractivity contribution in [3.63, 3.8) is 0 Å². The van der Waals surface area contributed by atoms with Crippen molar-refractivity contribution in [2.75, 3.05) is 0 Å². The Kier molecular flexibility index (Phi) is 1.79. The minimum absolute atomic E-state index is 0.210. The van der Waals surface area contributed by atoms with Crippen LogP contribution in [0.1, 0.15) is 27.2 Å². The summed E-state index contributed by atoms with van der Waals surface area (Å²) in [5, 5.41) is 0. The van der Waals surface area contributed by atoms with Gasteiger partial charge in [0, 0.05) is 6.21 Å². The van der Waals surface area contributed by atoms with Crippen LogP contribution in [0.25, 0.3) is 0 Å². The van der Waals surface area contributed by atoms with Crippen LogP contribution in [0.3, 0.4) is 0 Å². The van der Waals surface area contributed by atoms with Crippen LogP contribution in [-0.4, -0.2) is 11.8 Å². The predicted octanol–water partition coefficient (Wildman–Crippen LogP) is 2.12. The molecular weight excluding hydrogens is 126 g/mol. The maximum atomic E-state index is 5.36. The second-order valence-corrected chi connectivity index (χ2v) is 2.94. The minimum atomic E-state index is -0.210. The number of hydrogen-bond donors (Lipinski definition) is 0. The standard InChI is InChI=1S/C8H13NO/c1-4-7-5-10-8(2,3)6-9-7/h5-6H,4H2,1-3H3. The van der Waals surface area contributed by atoms with Crippen molar-refractivity contribution in [3.05, 3.63) is 12.0 Å². The van der Waals surface area contributed by atoms with E-state index >= 15 is 0 Å². The molecule has 0 aromatic heterocycles. The lowest BCUT2D eigenvalue weighted by molar-refractivity contribution is 0.121. The van der Waals surface area contributed by atoms with Crippen molar-refractivity contribution in [1.29, 1.82) is 0 Å². The molecule has 0 unspecified atom stereocenters. The lowest BCUT2D eigenvalue weighted by Crippen LogP contribution is -2.26. The van der Waals surface area contributed by atoms with E-state index in [1.807, 2.05) is 20.1 Å². The molecule has 0 radical (unpaired) electrons. The average Bonchev–Trinajstić information content (AvgIpc) is 1.88. The Morgan fingerprint density at radius 3 is 2.70 bits per heavy atom. The average molecular weight is 139 g/mol. The maximum Gasteiger partial charge on any atom is 0.138 e. The molecule has 1 aliphatic rings. The molecule has 1 aliphatic heterocycles. The first-order chi connectivity index (χ1) is 4.64. The van der Waals surface area contributed by atoms with Gasteiger partial charge >= 0.3 is 0 Å². The topological polar surface area (TPSA) is 21.6 Å². The summed E-state index contributed by atoms with van der Waals surface area (Å²) < 4.78 is 5.36. The second-order valence-electron chi connectivity index (χ2n) is 2.94. The number of nitrogens with zero attached hydrogens (tertiary/aromatic N) is 1. The fourth-order valence-corrected chi connectivity index (χ4v) is 0.694. The van der Waals surface area contributed by atoms with Gasteiger partial charge in [0.05, 0.1) is 5.70 Å². The Morgan fingerprint density at radius 2 is 2.30 bits per heavy atom. The smallest absolute Gasteiger partial charge is 0.138 e. The van der Waals surface area contributed by atoms with Crippen molar-refractivity contribution in [1.82, 2.24) is 0 Å². The Labute approximate surface area is 61.6 Å². The molecule has 0 N–H and O–H groups in total. The first-order valence-electron chi connectivity index (χ1n) is 3.56. The molecule has 0 spiro atoms. The van der Waals surface area contributed by atoms with E-state index in [1.165, 1.54) is 0 Å². The van der Waals surface area contributed by atoms with Crippen LogP contribution >= 0.6 is 0 Å². The Hall–Kier alpha value is -0.790. The van der Waals surface area contributed by atoms with Gasteiger partial charge in [-0.2, -0.15) is 0 Å². The summed E-state index contributed by atoms with van der Waals surface area (Å²) in [7, 11) is 0. The number of hydrogen-bond acceptors (Lipinski definition) is 2. The lowest BCUT2D eigenvalue weighted by Gasteiger charge is -2.22. The molecule has 0 saturated carbocycles. The highest BCUT2D eigenvalue weighted by Gasteiger charge is 2.17. The first kappa shape index (κ1) is 7.32. The zero-order chi connectivity index (χ0) is 7.61. The first-order valence-corrected chi connectivity index (χ1v) is 3.56. The SMILES string of the molecule is CCC1=COC(C)(C)C=N1. The molecule has 1 rings (SSSR count). The van der Waals surface area contributed by atoms with Crippen LogP contribution in [-0.2, 0) is 4.74 Å². The summed E-state index contributed by atoms with van der Waals surface area (Å²) >= 11 is 0. The van der Waals surface area contributed by atoms with Crippen LogP contribution in [0.5, 0.6) is 0 Å². The van der Waals surface area contributed by atoms with Crippen molar-refractivity contribution >= 4 is 6.21 Å². The summed E-state index contributed by atoms with van der Waals surface area (Å²) in [5.74, 6) is 0. The molecular formula is C8H13NO. The number of aliphatic imine (C=N–C) groups is 1. The van der Waals surface area contributed by atoms with Gasteiger partial charge in [-0.25, -0.2) is 0 Å². The highest BCUT2D eigenvalue weighted by atomic mass is 16.5. The van der Waals surface area contributed by atoms with Gasteiger partial charge in [-0.05, 0) is 20.3 Å². The van der Waals surface area contributed by atoms with E-state index in [-0.39, 0.29) is 5.60 Å². The quantitative estimate of drug-likeness (QED) is 0.545. The highest BCUT2D eigenvalue weighted by Crippen LogP contribution is 2.16. The van der Waals surface area contributed by atoms with E-state index in [4.69, 9.17) is 4.74 Å². The molecule has 56 valence electrons. The normalized spacial score (nSPS) is 21.7. The molecule has 0 amide bonds. The van der Waals surface area contributed by atoms with Crippen molar-refractivity contribution in [3.8, 4) is 0 Å². The van der Waals surface area contributed by atoms with E-state index in [9.17, 15) is 0 Å². The molecule has 0 aromatic rings. The zero-order valence-corrected chi connectivity index (χ0v) is 6.72. The van der Waals surface area contributed by atoms with Gasteiger partial charge in [-0.15, -0.1) is 0 Å². The molecule has 0 aliphatic carbocycles. The number of allylic oxidation sites excluding steroid dienone is 1. The van der Waals surface area contributed by atoms with Gasteiger partial charge in [0.1, 0.15) is 11.9 Å². The molecule has 0 fully saturated rings. The third-order valence-electron chi connectivity index (χ3n) is 1.40. The lowest BCUT2D eigenvalue weighted by atomic mass is 10.1. The highest BCUT2D eigenvalue weighted by molar-refractivity contribution is 5.69. The Balaban J connectivity index is 2.63. The maximum absolute atomic E-state index is 5.36. The zero-order valence-electron chi connectivity index (χ0n) is 6.72. The van der Waals surface area contributed by atoms with Gasteiger partial charge in [0.2, 0.25) is 0 Å². The van der Waals surface area contributed by atoms with Gasteiger partial charge in [0.15, 0.2) is 0 Å². The van der Waals surface area contributed by atoms with Crippen molar-refractivity contribution in [2.24, 2.45) is 4.99 Å². The van der Waals surface area contributed by atoms with Crippen LogP contribution in [0.4, 0.5) is 0 Å². The second kappa shape index (κ2) is 2.45. The number of ether oxygens (including phenoxy) is 1. The Bertz CT molecular complexity index is 180. The summed E-state index contributed by atoms with van der Waals surface area (Å²) in [6.45, 7) is 6.03. The molecule has 2 nitrogen and oxygen atoms in total. The van der Waals surface area contributed by atoms with Crippen molar-refractivity contribution in [2.45, 2.75) is 32.8 Å². The third kappa shape index (κ3) is 1.59. The molecule has 1 heterocycles. The van der Waals surface area contributed by atoms with E-state index in [0.29, 0.717) is 0 Å². The van der Waals surface area contributed by atoms with Crippen LogP contribution in [0.15, 0.2) is 17.0 Å². The summed E-state index contributed by atoms with van der Waals surface area (Å²) in [6.07, 6.45) is 4.51. The molecule has 0 atom stereocenters. The predicted molar refractivity (Wildman–Crippen MR) is 42.0 cm³/mol. The summed E-state index contributed by atoms with van der Waals surface area (Å²) in [4.78, 5) is 4.21. The molecule has 0 aromatic carbocycles. The molecule has 10 heavy (non-hydrogen) atoms. The third-order valence-corrected chi connectivity index (χ3v) is 1.40. The minimum Gasteiger partial charge on any atom is -0.488 e. The molecule has 2 heteroatoms. The Morgan fingerprint density at radius 1 is 1.60 bits per heavy atom. The number of rotatable bonds is 1. The van der Waals surface area contributed by atoms with Crippen molar-refractivity contribution < 1.29 is 4.74 Å². The molecule has 0 bridgehead atoms. The largest absolute Gasteiger partial charge is 0.488 e. The van der Waals surface area contributed by atoms with Crippen LogP contribution in [0.2, 0.25) is 0 Å². The van der Waals surface area contributed by atoms with Gasteiger partial charge in [-0.3, -0.25) is 4.99 Å². The fourth-order valence-electron chi connectivity index (χ4n) is 0.694.